The number of benzene rings is 1. The van der Waals surface area contributed by atoms with Crippen molar-refractivity contribution < 1.29 is 0 Å². The number of rotatable bonds is 3. The summed E-state index contributed by atoms with van der Waals surface area (Å²) in [6, 6.07) is 7.60. The van der Waals surface area contributed by atoms with Crippen LogP contribution in [0.3, 0.4) is 0 Å². The van der Waals surface area contributed by atoms with Gasteiger partial charge >= 0.3 is 0 Å². The highest BCUT2D eigenvalue weighted by atomic mass is 35.5. The van der Waals surface area contributed by atoms with Gasteiger partial charge in [-0.2, -0.15) is 0 Å². The average molecular weight is 276 g/mol. The molecule has 0 bridgehead atoms. The molecule has 2 aromatic rings. The van der Waals surface area contributed by atoms with Crippen LogP contribution in [0, 0.1) is 6.92 Å². The standard InChI is InChI=1S/C15H18ClN3/c1-9(2)13-10(3)18-14(19-15(13)17-4)11-6-5-7-12(16)8-11/h5-9H,1-4H3,(H,17,18,19). The van der Waals surface area contributed by atoms with E-state index in [2.05, 4.69) is 29.1 Å². The minimum Gasteiger partial charge on any atom is -0.373 e. The Bertz CT molecular complexity index is 594. The van der Waals surface area contributed by atoms with E-state index < -0.39 is 0 Å². The largest absolute Gasteiger partial charge is 0.373 e. The quantitative estimate of drug-likeness (QED) is 0.909. The molecule has 0 unspecified atom stereocenters. The van der Waals surface area contributed by atoms with Crippen molar-refractivity contribution in [2.75, 3.05) is 12.4 Å². The van der Waals surface area contributed by atoms with Crippen molar-refractivity contribution in [3.05, 3.63) is 40.5 Å². The Balaban J connectivity index is 2.58. The molecular weight excluding hydrogens is 258 g/mol. The van der Waals surface area contributed by atoms with Gasteiger partial charge in [0.05, 0.1) is 0 Å². The maximum absolute atomic E-state index is 6.02. The topological polar surface area (TPSA) is 37.8 Å². The maximum Gasteiger partial charge on any atom is 0.161 e. The van der Waals surface area contributed by atoms with E-state index in [0.29, 0.717) is 16.8 Å². The Kier molecular flexibility index (Phi) is 4.05. The molecule has 0 saturated heterocycles. The minimum absolute atomic E-state index is 0.385. The zero-order valence-electron chi connectivity index (χ0n) is 11.7. The lowest BCUT2D eigenvalue weighted by Gasteiger charge is -2.15. The Labute approximate surface area is 119 Å². The first-order valence-corrected chi connectivity index (χ1v) is 6.73. The summed E-state index contributed by atoms with van der Waals surface area (Å²) in [6.07, 6.45) is 0. The van der Waals surface area contributed by atoms with Crippen molar-refractivity contribution in [1.29, 1.82) is 0 Å². The van der Waals surface area contributed by atoms with Gasteiger partial charge < -0.3 is 5.32 Å². The lowest BCUT2D eigenvalue weighted by Crippen LogP contribution is -2.07. The van der Waals surface area contributed by atoms with Gasteiger partial charge in [-0.25, -0.2) is 9.97 Å². The van der Waals surface area contributed by atoms with E-state index in [4.69, 9.17) is 11.6 Å². The van der Waals surface area contributed by atoms with Crippen LogP contribution in [0.15, 0.2) is 24.3 Å². The number of hydrogen-bond donors (Lipinski definition) is 1. The summed E-state index contributed by atoms with van der Waals surface area (Å²) in [6.45, 7) is 6.31. The summed E-state index contributed by atoms with van der Waals surface area (Å²) in [5.74, 6) is 1.97. The third-order valence-corrected chi connectivity index (χ3v) is 3.27. The zero-order valence-corrected chi connectivity index (χ0v) is 12.4. The molecule has 0 spiro atoms. The van der Waals surface area contributed by atoms with Crippen LogP contribution in [-0.2, 0) is 0 Å². The Morgan fingerprint density at radius 1 is 1.21 bits per heavy atom. The van der Waals surface area contributed by atoms with Crippen LogP contribution in [-0.4, -0.2) is 17.0 Å². The smallest absolute Gasteiger partial charge is 0.161 e. The predicted octanol–water partition coefficient (Wildman–Crippen LogP) is 4.27. The van der Waals surface area contributed by atoms with Crippen LogP contribution in [0.5, 0.6) is 0 Å². The third-order valence-electron chi connectivity index (χ3n) is 3.03. The first-order valence-electron chi connectivity index (χ1n) is 6.35. The van der Waals surface area contributed by atoms with E-state index >= 15 is 0 Å². The van der Waals surface area contributed by atoms with Gasteiger partial charge in [0.1, 0.15) is 5.82 Å². The van der Waals surface area contributed by atoms with Crippen molar-refractivity contribution in [3.8, 4) is 11.4 Å². The van der Waals surface area contributed by atoms with Crippen LogP contribution in [0.2, 0.25) is 5.02 Å². The maximum atomic E-state index is 6.02. The van der Waals surface area contributed by atoms with Crippen molar-refractivity contribution in [2.45, 2.75) is 26.7 Å². The molecular formula is C15H18ClN3. The van der Waals surface area contributed by atoms with Gasteiger partial charge in [0.2, 0.25) is 0 Å². The van der Waals surface area contributed by atoms with E-state index in [1.54, 1.807) is 0 Å². The van der Waals surface area contributed by atoms with Crippen LogP contribution in [0.25, 0.3) is 11.4 Å². The minimum atomic E-state index is 0.385. The Morgan fingerprint density at radius 2 is 1.95 bits per heavy atom. The van der Waals surface area contributed by atoms with E-state index in [9.17, 15) is 0 Å². The molecule has 0 amide bonds. The normalized spacial score (nSPS) is 10.8. The molecule has 0 aliphatic rings. The fourth-order valence-electron chi connectivity index (χ4n) is 2.22. The number of aryl methyl sites for hydroxylation is 1. The molecule has 0 radical (unpaired) electrons. The van der Waals surface area contributed by atoms with E-state index in [-0.39, 0.29) is 0 Å². The molecule has 0 atom stereocenters. The van der Waals surface area contributed by atoms with Crippen LogP contribution in [0.1, 0.15) is 31.0 Å². The first-order chi connectivity index (χ1) is 9.02. The summed E-state index contributed by atoms with van der Waals surface area (Å²) < 4.78 is 0. The molecule has 4 heteroatoms. The van der Waals surface area contributed by atoms with Gasteiger partial charge in [0.15, 0.2) is 5.82 Å². The number of anilines is 1. The molecule has 1 heterocycles. The first kappa shape index (κ1) is 13.8. The summed E-state index contributed by atoms with van der Waals surface area (Å²) in [7, 11) is 1.88. The van der Waals surface area contributed by atoms with Crippen LogP contribution >= 0.6 is 11.6 Å². The molecule has 0 aliphatic carbocycles. The van der Waals surface area contributed by atoms with Crippen LogP contribution < -0.4 is 5.32 Å². The van der Waals surface area contributed by atoms with E-state index in [1.807, 2.05) is 38.2 Å². The molecule has 19 heavy (non-hydrogen) atoms. The highest BCUT2D eigenvalue weighted by molar-refractivity contribution is 6.30. The molecule has 3 nitrogen and oxygen atoms in total. The molecule has 100 valence electrons. The van der Waals surface area contributed by atoms with Gasteiger partial charge in [0, 0.05) is 28.9 Å². The Morgan fingerprint density at radius 3 is 2.53 bits per heavy atom. The molecule has 1 N–H and O–H groups in total. The zero-order chi connectivity index (χ0) is 14.0. The Hall–Kier alpha value is -1.61. The summed E-state index contributed by atoms with van der Waals surface area (Å²) in [5.41, 5.74) is 3.10. The molecule has 0 saturated carbocycles. The fraction of sp³-hybridized carbons (Fsp3) is 0.333. The second kappa shape index (κ2) is 5.57. The van der Waals surface area contributed by atoms with Gasteiger partial charge in [-0.05, 0) is 25.0 Å². The molecule has 1 aromatic heterocycles. The molecule has 2 rings (SSSR count). The van der Waals surface area contributed by atoms with E-state index in [0.717, 1.165) is 22.6 Å². The fourth-order valence-corrected chi connectivity index (χ4v) is 2.41. The molecule has 0 fully saturated rings. The number of hydrogen-bond acceptors (Lipinski definition) is 3. The lowest BCUT2D eigenvalue weighted by atomic mass is 10.0. The van der Waals surface area contributed by atoms with Gasteiger partial charge in [0.25, 0.3) is 0 Å². The number of halogens is 1. The monoisotopic (exact) mass is 275 g/mol. The van der Waals surface area contributed by atoms with Crippen molar-refractivity contribution in [3.63, 3.8) is 0 Å². The van der Waals surface area contributed by atoms with Crippen molar-refractivity contribution in [1.82, 2.24) is 9.97 Å². The molecule has 0 aliphatic heterocycles. The van der Waals surface area contributed by atoms with Crippen molar-refractivity contribution in [2.24, 2.45) is 0 Å². The number of nitrogens with one attached hydrogen (secondary N) is 1. The summed E-state index contributed by atoms with van der Waals surface area (Å²) in [5, 5.41) is 3.85. The van der Waals surface area contributed by atoms with Crippen LogP contribution in [0.4, 0.5) is 5.82 Å². The highest BCUT2D eigenvalue weighted by Gasteiger charge is 2.14. The second-order valence-electron chi connectivity index (χ2n) is 4.81. The van der Waals surface area contributed by atoms with Gasteiger partial charge in [-0.1, -0.05) is 37.6 Å². The highest BCUT2D eigenvalue weighted by Crippen LogP contribution is 2.28. The summed E-state index contributed by atoms with van der Waals surface area (Å²) in [4.78, 5) is 9.21. The number of aromatic nitrogens is 2. The second-order valence-corrected chi connectivity index (χ2v) is 5.25. The number of nitrogens with zero attached hydrogens (tertiary/aromatic N) is 2. The lowest BCUT2D eigenvalue weighted by molar-refractivity contribution is 0.833. The van der Waals surface area contributed by atoms with E-state index in [1.165, 1.54) is 0 Å². The van der Waals surface area contributed by atoms with Gasteiger partial charge in [-0.3, -0.25) is 0 Å². The third kappa shape index (κ3) is 2.87. The SMILES string of the molecule is CNc1nc(-c2cccc(Cl)c2)nc(C)c1C(C)C. The van der Waals surface area contributed by atoms with Crippen molar-refractivity contribution >= 4 is 17.4 Å². The molecule has 1 aromatic carbocycles. The summed E-state index contributed by atoms with van der Waals surface area (Å²) >= 11 is 6.02. The average Bonchev–Trinajstić information content (AvgIpc) is 2.37. The predicted molar refractivity (Wildman–Crippen MR) is 80.9 cm³/mol. The van der Waals surface area contributed by atoms with Gasteiger partial charge in [-0.15, -0.1) is 0 Å².